The molecule has 2 saturated heterocycles. The quantitative estimate of drug-likeness (QED) is 0.546. The van der Waals surface area contributed by atoms with E-state index in [9.17, 15) is 0 Å². The zero-order valence-corrected chi connectivity index (χ0v) is 17.2. The van der Waals surface area contributed by atoms with Crippen LogP contribution in [0.1, 0.15) is 13.0 Å². The minimum atomic E-state index is 0.240. The van der Waals surface area contributed by atoms with Gasteiger partial charge >= 0.3 is 0 Å². The second kappa shape index (κ2) is 7.44. The average Bonchev–Trinajstić information content (AvgIpc) is 3.44. The molecule has 6 heterocycles. The van der Waals surface area contributed by atoms with Crippen molar-refractivity contribution in [2.24, 2.45) is 0 Å². The first kappa shape index (κ1) is 18.5. The lowest BCUT2D eigenvalue weighted by Crippen LogP contribution is -2.44. The highest BCUT2D eigenvalue weighted by Gasteiger charge is 2.27. The van der Waals surface area contributed by atoms with Crippen LogP contribution in [0.15, 0.2) is 42.9 Å². The van der Waals surface area contributed by atoms with Gasteiger partial charge in [-0.3, -0.25) is 14.8 Å². The topological polar surface area (TPSA) is 94.0 Å². The van der Waals surface area contributed by atoms with E-state index in [1.54, 1.807) is 6.20 Å². The summed E-state index contributed by atoms with van der Waals surface area (Å²) in [6.07, 6.45) is 5.41. The van der Waals surface area contributed by atoms with E-state index in [2.05, 4.69) is 48.9 Å². The normalized spacial score (nSPS) is 19.6. The van der Waals surface area contributed by atoms with Crippen molar-refractivity contribution in [1.29, 1.82) is 0 Å². The summed E-state index contributed by atoms with van der Waals surface area (Å²) in [4.78, 5) is 12.0. The average molecular weight is 417 g/mol. The third-order valence-corrected chi connectivity index (χ3v) is 6.04. The molecule has 0 aliphatic carbocycles. The van der Waals surface area contributed by atoms with Crippen molar-refractivity contribution in [3.8, 4) is 22.6 Å². The Morgan fingerprint density at radius 3 is 2.77 bits per heavy atom. The monoisotopic (exact) mass is 417 g/mol. The standard InChI is InChI=1S/C22H23N7O2/c1-14-11-30-9-8-28(14)20-10-17(19-4-7-25-29(19)15-12-31-13-15)16-2-5-23-22(21(16)26-20)18-3-6-24-27-18/h2-7,10,14-15H,8-9,11-13H2,1H3,(H,24,27)/t14-/m1/s1. The van der Waals surface area contributed by atoms with Crippen LogP contribution in [0.25, 0.3) is 33.5 Å². The van der Waals surface area contributed by atoms with Crippen LogP contribution in [0, 0.1) is 0 Å². The molecule has 2 aliphatic heterocycles. The molecule has 1 N–H and O–H groups in total. The van der Waals surface area contributed by atoms with Crippen LogP contribution < -0.4 is 4.90 Å². The predicted octanol–water partition coefficient (Wildman–Crippen LogP) is 2.68. The maximum Gasteiger partial charge on any atom is 0.130 e. The van der Waals surface area contributed by atoms with Gasteiger partial charge in [-0.2, -0.15) is 10.2 Å². The SMILES string of the molecule is C[C@@H]1COCCN1c1cc(-c2ccnn2C2COC2)c2ccnc(-c3ccn[nH]3)c2n1. The van der Waals surface area contributed by atoms with Crippen LogP contribution in [0.3, 0.4) is 0 Å². The van der Waals surface area contributed by atoms with Gasteiger partial charge in [0, 0.05) is 36.1 Å². The Balaban J connectivity index is 1.60. The van der Waals surface area contributed by atoms with Crippen molar-refractivity contribution >= 4 is 16.7 Å². The molecule has 0 aromatic carbocycles. The molecule has 0 amide bonds. The van der Waals surface area contributed by atoms with Gasteiger partial charge in [0.15, 0.2) is 0 Å². The Labute approximate surface area is 179 Å². The molecule has 2 fully saturated rings. The molecule has 9 heteroatoms. The van der Waals surface area contributed by atoms with E-state index in [0.717, 1.165) is 45.9 Å². The summed E-state index contributed by atoms with van der Waals surface area (Å²) < 4.78 is 13.1. The van der Waals surface area contributed by atoms with E-state index < -0.39 is 0 Å². The van der Waals surface area contributed by atoms with Crippen molar-refractivity contribution in [2.45, 2.75) is 19.0 Å². The first-order chi connectivity index (χ1) is 15.3. The van der Waals surface area contributed by atoms with Gasteiger partial charge in [0.25, 0.3) is 0 Å². The molecular weight excluding hydrogens is 394 g/mol. The number of morpholine rings is 1. The summed E-state index contributed by atoms with van der Waals surface area (Å²) >= 11 is 0. The largest absolute Gasteiger partial charge is 0.377 e. The third kappa shape index (κ3) is 3.08. The van der Waals surface area contributed by atoms with Crippen molar-refractivity contribution in [1.82, 2.24) is 29.9 Å². The zero-order valence-electron chi connectivity index (χ0n) is 17.2. The van der Waals surface area contributed by atoms with Crippen LogP contribution in [-0.4, -0.2) is 69.0 Å². The lowest BCUT2D eigenvalue weighted by Gasteiger charge is -2.35. The van der Waals surface area contributed by atoms with Crippen LogP contribution in [0.4, 0.5) is 5.82 Å². The number of pyridine rings is 2. The second-order valence-corrected chi connectivity index (χ2v) is 8.02. The lowest BCUT2D eigenvalue weighted by atomic mass is 10.0. The van der Waals surface area contributed by atoms with Gasteiger partial charge in [-0.05, 0) is 31.2 Å². The zero-order chi connectivity index (χ0) is 20.8. The molecule has 0 unspecified atom stereocenters. The van der Waals surface area contributed by atoms with E-state index >= 15 is 0 Å². The molecular formula is C22H23N7O2. The van der Waals surface area contributed by atoms with Crippen LogP contribution in [0.2, 0.25) is 0 Å². The first-order valence-corrected chi connectivity index (χ1v) is 10.5. The van der Waals surface area contributed by atoms with Crippen molar-refractivity contribution in [3.05, 3.63) is 42.9 Å². The molecule has 31 heavy (non-hydrogen) atoms. The minimum Gasteiger partial charge on any atom is -0.377 e. The fourth-order valence-corrected chi connectivity index (χ4v) is 4.33. The number of anilines is 1. The number of nitrogens with one attached hydrogen (secondary N) is 1. The van der Waals surface area contributed by atoms with Gasteiger partial charge in [0.2, 0.25) is 0 Å². The molecule has 6 rings (SSSR count). The molecule has 158 valence electrons. The van der Waals surface area contributed by atoms with Gasteiger partial charge in [0.1, 0.15) is 17.0 Å². The molecule has 0 bridgehead atoms. The number of hydrogen-bond acceptors (Lipinski definition) is 7. The summed E-state index contributed by atoms with van der Waals surface area (Å²) in [6, 6.07) is 8.68. The highest BCUT2D eigenvalue weighted by atomic mass is 16.5. The van der Waals surface area contributed by atoms with Crippen LogP contribution in [-0.2, 0) is 9.47 Å². The molecule has 0 radical (unpaired) electrons. The van der Waals surface area contributed by atoms with Gasteiger partial charge in [-0.1, -0.05) is 0 Å². The molecule has 9 nitrogen and oxygen atoms in total. The number of nitrogens with zero attached hydrogens (tertiary/aromatic N) is 6. The Morgan fingerprint density at radius 2 is 2.00 bits per heavy atom. The van der Waals surface area contributed by atoms with Crippen molar-refractivity contribution in [2.75, 3.05) is 37.9 Å². The van der Waals surface area contributed by atoms with E-state index in [1.165, 1.54) is 0 Å². The second-order valence-electron chi connectivity index (χ2n) is 8.02. The number of ether oxygens (including phenoxy) is 2. The number of H-pyrrole nitrogens is 1. The summed E-state index contributed by atoms with van der Waals surface area (Å²) in [5, 5.41) is 12.8. The molecule has 1 atom stereocenters. The number of aromatic amines is 1. The lowest BCUT2D eigenvalue weighted by molar-refractivity contribution is -0.0278. The van der Waals surface area contributed by atoms with E-state index in [0.29, 0.717) is 26.4 Å². The van der Waals surface area contributed by atoms with Gasteiger partial charge in [0.05, 0.1) is 49.9 Å². The Bertz CT molecular complexity index is 1220. The smallest absolute Gasteiger partial charge is 0.130 e. The van der Waals surface area contributed by atoms with Gasteiger partial charge in [-0.15, -0.1) is 0 Å². The predicted molar refractivity (Wildman–Crippen MR) is 116 cm³/mol. The fourth-order valence-electron chi connectivity index (χ4n) is 4.33. The summed E-state index contributed by atoms with van der Waals surface area (Å²) in [5.41, 5.74) is 4.63. The van der Waals surface area contributed by atoms with E-state index in [1.807, 2.05) is 24.5 Å². The van der Waals surface area contributed by atoms with Crippen molar-refractivity contribution < 1.29 is 9.47 Å². The highest BCUT2D eigenvalue weighted by molar-refractivity contribution is 6.01. The van der Waals surface area contributed by atoms with Crippen LogP contribution >= 0.6 is 0 Å². The number of fused-ring (bicyclic) bond motifs is 1. The maximum absolute atomic E-state index is 5.66. The number of rotatable bonds is 4. The molecule has 0 spiro atoms. The Hall–Kier alpha value is -3.30. The first-order valence-electron chi connectivity index (χ1n) is 10.5. The summed E-state index contributed by atoms with van der Waals surface area (Å²) in [7, 11) is 0. The minimum absolute atomic E-state index is 0.240. The number of aromatic nitrogens is 6. The third-order valence-electron chi connectivity index (χ3n) is 6.04. The molecule has 4 aromatic rings. The fraction of sp³-hybridized carbons (Fsp3) is 0.364. The maximum atomic E-state index is 5.66. The molecule has 2 aliphatic rings. The van der Waals surface area contributed by atoms with Gasteiger partial charge < -0.3 is 14.4 Å². The molecule has 0 saturated carbocycles. The highest BCUT2D eigenvalue weighted by Crippen LogP contribution is 2.36. The van der Waals surface area contributed by atoms with Crippen LogP contribution in [0.5, 0.6) is 0 Å². The Kier molecular flexibility index (Phi) is 4.43. The Morgan fingerprint density at radius 1 is 1.06 bits per heavy atom. The van der Waals surface area contributed by atoms with Gasteiger partial charge in [-0.25, -0.2) is 4.98 Å². The van der Waals surface area contributed by atoms with E-state index in [-0.39, 0.29) is 12.1 Å². The molecule has 4 aromatic heterocycles. The summed E-state index contributed by atoms with van der Waals surface area (Å²) in [5.74, 6) is 0.921. The number of hydrogen-bond donors (Lipinski definition) is 1. The summed E-state index contributed by atoms with van der Waals surface area (Å²) in [6.45, 7) is 5.72. The van der Waals surface area contributed by atoms with E-state index in [4.69, 9.17) is 14.5 Å². The van der Waals surface area contributed by atoms with Crippen molar-refractivity contribution in [3.63, 3.8) is 0 Å².